The standard InChI is InChI=1S/C23H26FNO2/c1-27-19-6-7-20-21(16-2-4-18(24)5-3-16)15-22(23(20)14-19)17-8-10-25(11-9-17)12-13-26/h2-7,14-15,17,22,26H,8-13H2,1H3. The number of nitrogens with zero attached hydrogens (tertiary/aromatic N) is 1. The molecule has 0 spiro atoms. The molecular weight excluding hydrogens is 341 g/mol. The smallest absolute Gasteiger partial charge is 0.123 e. The van der Waals surface area contributed by atoms with E-state index < -0.39 is 0 Å². The molecule has 3 nitrogen and oxygen atoms in total. The second-order valence-corrected chi connectivity index (χ2v) is 7.47. The Kier molecular flexibility index (Phi) is 5.28. The summed E-state index contributed by atoms with van der Waals surface area (Å²) in [4.78, 5) is 2.34. The zero-order valence-electron chi connectivity index (χ0n) is 15.7. The number of methoxy groups -OCH3 is 1. The summed E-state index contributed by atoms with van der Waals surface area (Å²) in [5.74, 6) is 1.60. The molecule has 4 rings (SSSR count). The number of ether oxygens (including phenoxy) is 1. The van der Waals surface area contributed by atoms with Crippen LogP contribution in [0.2, 0.25) is 0 Å². The summed E-state index contributed by atoms with van der Waals surface area (Å²) in [6.07, 6.45) is 4.60. The van der Waals surface area contributed by atoms with Crippen LogP contribution in [0.5, 0.6) is 5.75 Å². The number of hydrogen-bond donors (Lipinski definition) is 1. The minimum absolute atomic E-state index is 0.208. The van der Waals surface area contributed by atoms with E-state index in [-0.39, 0.29) is 12.4 Å². The van der Waals surface area contributed by atoms with Gasteiger partial charge in [-0.2, -0.15) is 0 Å². The monoisotopic (exact) mass is 367 g/mol. The maximum absolute atomic E-state index is 13.4. The van der Waals surface area contributed by atoms with Crippen molar-refractivity contribution in [1.82, 2.24) is 4.90 Å². The molecule has 0 saturated carbocycles. The summed E-state index contributed by atoms with van der Waals surface area (Å²) < 4.78 is 18.8. The fourth-order valence-electron chi connectivity index (χ4n) is 4.50. The molecule has 0 aromatic heterocycles. The Labute approximate surface area is 160 Å². The number of aliphatic hydroxyl groups is 1. The Morgan fingerprint density at radius 1 is 1.11 bits per heavy atom. The van der Waals surface area contributed by atoms with Crippen LogP contribution in [0.15, 0.2) is 48.5 Å². The van der Waals surface area contributed by atoms with Crippen LogP contribution in [0.25, 0.3) is 5.57 Å². The van der Waals surface area contributed by atoms with E-state index in [2.05, 4.69) is 23.1 Å². The van der Waals surface area contributed by atoms with Gasteiger partial charge in [-0.3, -0.25) is 0 Å². The predicted octanol–water partition coefficient (Wildman–Crippen LogP) is 4.07. The van der Waals surface area contributed by atoms with E-state index in [1.807, 2.05) is 18.2 Å². The molecule has 1 unspecified atom stereocenters. The van der Waals surface area contributed by atoms with Crippen molar-refractivity contribution in [2.45, 2.75) is 18.8 Å². The Bertz CT molecular complexity index is 823. The molecule has 1 aliphatic carbocycles. The van der Waals surface area contributed by atoms with Crippen LogP contribution in [-0.4, -0.2) is 43.4 Å². The summed E-state index contributed by atoms with van der Waals surface area (Å²) in [6, 6.07) is 13.1. The quantitative estimate of drug-likeness (QED) is 0.865. The number of β-amino-alcohol motifs (C(OH)–C–C–N with tert-alkyl or cyclic N) is 1. The van der Waals surface area contributed by atoms with Crippen molar-refractivity contribution >= 4 is 5.57 Å². The van der Waals surface area contributed by atoms with Crippen LogP contribution in [0.4, 0.5) is 4.39 Å². The maximum atomic E-state index is 13.4. The van der Waals surface area contributed by atoms with Gasteiger partial charge in [-0.25, -0.2) is 4.39 Å². The van der Waals surface area contributed by atoms with E-state index in [1.54, 1.807) is 7.11 Å². The van der Waals surface area contributed by atoms with Gasteiger partial charge in [0.2, 0.25) is 0 Å². The Morgan fingerprint density at radius 2 is 1.85 bits per heavy atom. The van der Waals surface area contributed by atoms with Crippen molar-refractivity contribution in [3.8, 4) is 5.75 Å². The zero-order valence-corrected chi connectivity index (χ0v) is 15.7. The van der Waals surface area contributed by atoms with E-state index in [4.69, 9.17) is 4.74 Å². The molecule has 0 amide bonds. The van der Waals surface area contributed by atoms with Gasteiger partial charge in [0.25, 0.3) is 0 Å². The van der Waals surface area contributed by atoms with Gasteiger partial charge in [-0.15, -0.1) is 0 Å². The van der Waals surface area contributed by atoms with Crippen LogP contribution in [0.3, 0.4) is 0 Å². The Hall–Kier alpha value is -2.17. The molecule has 1 atom stereocenters. The van der Waals surface area contributed by atoms with Crippen LogP contribution < -0.4 is 4.74 Å². The molecule has 1 saturated heterocycles. The van der Waals surface area contributed by atoms with E-state index >= 15 is 0 Å². The molecule has 1 fully saturated rings. The average molecular weight is 367 g/mol. The van der Waals surface area contributed by atoms with Gasteiger partial charge >= 0.3 is 0 Å². The highest BCUT2D eigenvalue weighted by Gasteiger charge is 2.32. The lowest BCUT2D eigenvalue weighted by atomic mass is 9.81. The van der Waals surface area contributed by atoms with E-state index in [1.165, 1.54) is 28.8 Å². The molecule has 2 aromatic rings. The molecule has 1 N–H and O–H groups in total. The van der Waals surface area contributed by atoms with Crippen molar-refractivity contribution < 1.29 is 14.2 Å². The van der Waals surface area contributed by atoms with Gasteiger partial charge in [0, 0.05) is 12.5 Å². The highest BCUT2D eigenvalue weighted by molar-refractivity contribution is 5.86. The number of benzene rings is 2. The number of piperidine rings is 1. The van der Waals surface area contributed by atoms with E-state index in [0.717, 1.165) is 43.8 Å². The van der Waals surface area contributed by atoms with Crippen molar-refractivity contribution in [3.63, 3.8) is 0 Å². The fourth-order valence-corrected chi connectivity index (χ4v) is 4.50. The van der Waals surface area contributed by atoms with Gasteiger partial charge < -0.3 is 14.7 Å². The van der Waals surface area contributed by atoms with E-state index in [0.29, 0.717) is 11.8 Å². The Balaban J connectivity index is 1.66. The van der Waals surface area contributed by atoms with Crippen LogP contribution in [0.1, 0.15) is 35.4 Å². The maximum Gasteiger partial charge on any atom is 0.123 e. The van der Waals surface area contributed by atoms with Gasteiger partial charge in [0.15, 0.2) is 0 Å². The van der Waals surface area contributed by atoms with Crippen molar-refractivity contribution in [3.05, 3.63) is 71.0 Å². The highest BCUT2D eigenvalue weighted by Crippen LogP contribution is 2.46. The van der Waals surface area contributed by atoms with E-state index in [9.17, 15) is 9.50 Å². The van der Waals surface area contributed by atoms with Crippen LogP contribution in [0, 0.1) is 11.7 Å². The zero-order chi connectivity index (χ0) is 18.8. The number of rotatable bonds is 5. The number of fused-ring (bicyclic) bond motifs is 1. The molecular formula is C23H26FNO2. The molecule has 27 heavy (non-hydrogen) atoms. The lowest BCUT2D eigenvalue weighted by Crippen LogP contribution is -2.36. The number of aliphatic hydroxyl groups excluding tert-OH is 1. The summed E-state index contributed by atoms with van der Waals surface area (Å²) >= 11 is 0. The minimum atomic E-state index is -0.208. The third-order valence-electron chi connectivity index (χ3n) is 5.97. The van der Waals surface area contributed by atoms with Crippen LogP contribution in [-0.2, 0) is 0 Å². The first kappa shape index (κ1) is 18.2. The molecule has 2 aromatic carbocycles. The molecule has 4 heteroatoms. The van der Waals surface area contributed by atoms with Crippen molar-refractivity contribution in [2.75, 3.05) is 33.4 Å². The fraction of sp³-hybridized carbons (Fsp3) is 0.391. The predicted molar refractivity (Wildman–Crippen MR) is 105 cm³/mol. The average Bonchev–Trinajstić information content (AvgIpc) is 3.08. The van der Waals surface area contributed by atoms with Crippen LogP contribution >= 0.6 is 0 Å². The number of allylic oxidation sites excluding steroid dienone is 1. The topological polar surface area (TPSA) is 32.7 Å². The number of halogens is 1. The summed E-state index contributed by atoms with van der Waals surface area (Å²) in [5.41, 5.74) is 4.79. The first-order valence-corrected chi connectivity index (χ1v) is 9.69. The van der Waals surface area contributed by atoms with Crippen molar-refractivity contribution in [1.29, 1.82) is 0 Å². The van der Waals surface area contributed by atoms with Gasteiger partial charge in [-0.05, 0) is 78.4 Å². The summed E-state index contributed by atoms with van der Waals surface area (Å²) in [6.45, 7) is 3.04. The highest BCUT2D eigenvalue weighted by atomic mass is 19.1. The second kappa shape index (κ2) is 7.83. The minimum Gasteiger partial charge on any atom is -0.497 e. The normalized spacial score (nSPS) is 20.4. The first-order valence-electron chi connectivity index (χ1n) is 9.69. The molecule has 1 aliphatic heterocycles. The summed E-state index contributed by atoms with van der Waals surface area (Å²) in [5, 5.41) is 9.17. The third-order valence-corrected chi connectivity index (χ3v) is 5.97. The molecule has 0 bridgehead atoms. The molecule has 142 valence electrons. The molecule has 1 heterocycles. The summed E-state index contributed by atoms with van der Waals surface area (Å²) in [7, 11) is 1.70. The molecule has 0 radical (unpaired) electrons. The number of likely N-dealkylation sites (tertiary alicyclic amines) is 1. The van der Waals surface area contributed by atoms with Gasteiger partial charge in [0.05, 0.1) is 13.7 Å². The molecule has 2 aliphatic rings. The Morgan fingerprint density at radius 3 is 2.52 bits per heavy atom. The SMILES string of the molecule is COc1ccc2c(c1)C(C1CCN(CCO)CC1)C=C2c1ccc(F)cc1. The second-order valence-electron chi connectivity index (χ2n) is 7.47. The van der Waals surface area contributed by atoms with Crippen molar-refractivity contribution in [2.24, 2.45) is 5.92 Å². The third kappa shape index (κ3) is 3.64. The lowest BCUT2D eigenvalue weighted by Gasteiger charge is -2.34. The van der Waals surface area contributed by atoms with Gasteiger partial charge in [0.1, 0.15) is 11.6 Å². The van der Waals surface area contributed by atoms with Gasteiger partial charge in [-0.1, -0.05) is 24.3 Å². The largest absolute Gasteiger partial charge is 0.497 e. The first-order chi connectivity index (χ1) is 13.2. The number of hydrogen-bond acceptors (Lipinski definition) is 3. The lowest BCUT2D eigenvalue weighted by molar-refractivity contribution is 0.143.